The van der Waals surface area contributed by atoms with Gasteiger partial charge in [-0.2, -0.15) is 0 Å². The van der Waals surface area contributed by atoms with Crippen molar-refractivity contribution >= 4 is 21.6 Å². The first-order valence-electron chi connectivity index (χ1n) is 6.17. The zero-order valence-corrected chi connectivity index (χ0v) is 11.3. The zero-order valence-electron chi connectivity index (χ0n) is 10.5. The summed E-state index contributed by atoms with van der Waals surface area (Å²) in [6.07, 6.45) is 11.4. The van der Waals surface area contributed by atoms with Crippen molar-refractivity contribution in [2.75, 3.05) is 0 Å². The number of rotatable bonds is 5. The monoisotopic (exact) mass is 260 g/mol. The van der Waals surface area contributed by atoms with Crippen LogP contribution >= 0.6 is 11.3 Å². The van der Waals surface area contributed by atoms with Gasteiger partial charge in [0, 0.05) is 4.88 Å². The Morgan fingerprint density at radius 3 is 3.06 bits per heavy atom. The van der Waals surface area contributed by atoms with E-state index < -0.39 is 0 Å². The Morgan fingerprint density at radius 1 is 1.50 bits per heavy atom. The van der Waals surface area contributed by atoms with Crippen molar-refractivity contribution in [2.24, 2.45) is 0 Å². The molecule has 2 heterocycles. The number of thiophene rings is 1. The van der Waals surface area contributed by atoms with Gasteiger partial charge < -0.3 is 0 Å². The van der Waals surface area contributed by atoms with E-state index in [1.807, 2.05) is 6.07 Å². The number of unbranched alkanes of at least 4 members (excludes halogenated alkanes) is 2. The minimum atomic E-state index is -0.0315. The van der Waals surface area contributed by atoms with Gasteiger partial charge in [0.15, 0.2) is 0 Å². The molecule has 0 saturated carbocycles. The van der Waals surface area contributed by atoms with Crippen molar-refractivity contribution in [2.45, 2.75) is 39.2 Å². The third-order valence-electron chi connectivity index (χ3n) is 2.86. The molecule has 3 nitrogen and oxygen atoms in total. The van der Waals surface area contributed by atoms with Gasteiger partial charge in [0.05, 0.1) is 18.3 Å². The third-order valence-corrected chi connectivity index (χ3v) is 3.96. The van der Waals surface area contributed by atoms with Crippen LogP contribution in [0.5, 0.6) is 0 Å². The van der Waals surface area contributed by atoms with Gasteiger partial charge in [-0.1, -0.05) is 25.7 Å². The summed E-state index contributed by atoms with van der Waals surface area (Å²) >= 11 is 1.61. The van der Waals surface area contributed by atoms with Crippen molar-refractivity contribution in [3.8, 4) is 12.3 Å². The van der Waals surface area contributed by atoms with Gasteiger partial charge in [0.25, 0.3) is 5.56 Å². The average Bonchev–Trinajstić information content (AvgIpc) is 2.77. The smallest absolute Gasteiger partial charge is 0.262 e. The molecule has 0 unspecified atom stereocenters. The fourth-order valence-corrected chi connectivity index (χ4v) is 2.92. The summed E-state index contributed by atoms with van der Waals surface area (Å²) in [5, 5.41) is 0.698. The van der Waals surface area contributed by atoms with Crippen molar-refractivity contribution in [1.82, 2.24) is 9.55 Å². The highest BCUT2D eigenvalue weighted by molar-refractivity contribution is 7.18. The highest BCUT2D eigenvalue weighted by Gasteiger charge is 2.08. The van der Waals surface area contributed by atoms with Crippen molar-refractivity contribution < 1.29 is 0 Å². The molecule has 94 valence electrons. The van der Waals surface area contributed by atoms with Crippen LogP contribution < -0.4 is 5.56 Å². The van der Waals surface area contributed by atoms with E-state index in [9.17, 15) is 4.79 Å². The van der Waals surface area contributed by atoms with Crippen LogP contribution in [0.4, 0.5) is 0 Å². The lowest BCUT2D eigenvalue weighted by molar-refractivity contribution is 0.723. The number of fused-ring (bicyclic) bond motifs is 1. The molecule has 0 aliphatic heterocycles. The summed E-state index contributed by atoms with van der Waals surface area (Å²) in [6.45, 7) is 2.47. The van der Waals surface area contributed by atoms with E-state index in [2.05, 4.69) is 17.8 Å². The van der Waals surface area contributed by atoms with E-state index in [1.165, 1.54) is 35.0 Å². The quantitative estimate of drug-likeness (QED) is 0.612. The van der Waals surface area contributed by atoms with E-state index >= 15 is 0 Å². The van der Waals surface area contributed by atoms with Gasteiger partial charge in [0.2, 0.25) is 0 Å². The maximum Gasteiger partial charge on any atom is 0.262 e. The minimum absolute atomic E-state index is 0.0315. The molecule has 0 fully saturated rings. The first kappa shape index (κ1) is 12.8. The predicted octanol–water partition coefficient (Wildman–Crippen LogP) is 2.82. The van der Waals surface area contributed by atoms with E-state index in [0.717, 1.165) is 11.3 Å². The molecule has 0 radical (unpaired) electrons. The molecule has 0 atom stereocenters. The highest BCUT2D eigenvalue weighted by atomic mass is 32.1. The second kappa shape index (κ2) is 5.83. The molecule has 0 N–H and O–H groups in total. The molecular weight excluding hydrogens is 244 g/mol. The van der Waals surface area contributed by atoms with Crippen LogP contribution in [0.3, 0.4) is 0 Å². The van der Waals surface area contributed by atoms with Crippen molar-refractivity contribution in [3.05, 3.63) is 27.6 Å². The van der Waals surface area contributed by atoms with E-state index in [-0.39, 0.29) is 12.1 Å². The summed E-state index contributed by atoms with van der Waals surface area (Å²) < 4.78 is 1.48. The van der Waals surface area contributed by atoms with Crippen LogP contribution in [0.2, 0.25) is 0 Å². The van der Waals surface area contributed by atoms with Crippen LogP contribution in [0.15, 0.2) is 17.2 Å². The number of hydrogen-bond donors (Lipinski definition) is 0. The summed E-state index contributed by atoms with van der Waals surface area (Å²) in [5.41, 5.74) is -0.0315. The second-order valence-electron chi connectivity index (χ2n) is 4.27. The number of aromatic nitrogens is 2. The van der Waals surface area contributed by atoms with Crippen LogP contribution in [-0.2, 0) is 13.0 Å². The summed E-state index contributed by atoms with van der Waals surface area (Å²) in [4.78, 5) is 18.4. The summed E-state index contributed by atoms with van der Waals surface area (Å²) in [6, 6.07) is 1.97. The fourth-order valence-electron chi connectivity index (χ4n) is 1.89. The number of nitrogens with zero attached hydrogens (tertiary/aromatic N) is 2. The minimum Gasteiger partial charge on any atom is -0.287 e. The molecule has 0 spiro atoms. The molecule has 0 amide bonds. The average molecular weight is 260 g/mol. The van der Waals surface area contributed by atoms with Gasteiger partial charge in [-0.05, 0) is 18.9 Å². The maximum atomic E-state index is 12.1. The van der Waals surface area contributed by atoms with E-state index in [4.69, 9.17) is 6.42 Å². The third kappa shape index (κ3) is 2.62. The van der Waals surface area contributed by atoms with Gasteiger partial charge >= 0.3 is 0 Å². The Bertz CT molecular complexity index is 633. The van der Waals surface area contributed by atoms with E-state index in [1.54, 1.807) is 11.3 Å². The van der Waals surface area contributed by atoms with Gasteiger partial charge in [-0.3, -0.25) is 9.36 Å². The normalized spacial score (nSPS) is 10.7. The first-order chi connectivity index (χ1) is 8.76. The summed E-state index contributed by atoms with van der Waals surface area (Å²) in [5.74, 6) is 2.46. The van der Waals surface area contributed by atoms with Gasteiger partial charge in [-0.25, -0.2) is 4.98 Å². The lowest BCUT2D eigenvalue weighted by Crippen LogP contribution is -2.19. The van der Waals surface area contributed by atoms with Crippen LogP contribution in [-0.4, -0.2) is 9.55 Å². The topological polar surface area (TPSA) is 34.9 Å². The molecular formula is C14H16N2OS. The molecule has 4 heteroatoms. The molecule has 2 aromatic heterocycles. The van der Waals surface area contributed by atoms with Crippen LogP contribution in [0.25, 0.3) is 10.2 Å². The Labute approximate surface area is 110 Å². The molecule has 2 aromatic rings. The maximum absolute atomic E-state index is 12.1. The number of aryl methyl sites for hydroxylation is 1. The van der Waals surface area contributed by atoms with Crippen LogP contribution in [0.1, 0.15) is 31.1 Å². The number of hydrogen-bond acceptors (Lipinski definition) is 3. The second-order valence-corrected chi connectivity index (χ2v) is 5.39. The lowest BCUT2D eigenvalue weighted by atomic mass is 10.2. The highest BCUT2D eigenvalue weighted by Crippen LogP contribution is 2.22. The van der Waals surface area contributed by atoms with Crippen molar-refractivity contribution in [1.29, 1.82) is 0 Å². The Hall–Kier alpha value is -1.60. The van der Waals surface area contributed by atoms with Gasteiger partial charge in [0.1, 0.15) is 4.83 Å². The Morgan fingerprint density at radius 2 is 2.33 bits per heavy atom. The zero-order chi connectivity index (χ0) is 13.0. The standard InChI is InChI=1S/C14H16N2OS/c1-3-5-6-7-11-9-12-13(18-11)15-10-16(8-4-2)14(12)17/h2,9-10H,3,5-8H2,1H3. The van der Waals surface area contributed by atoms with Gasteiger partial charge in [-0.15, -0.1) is 17.8 Å². The molecule has 2 rings (SSSR count). The lowest BCUT2D eigenvalue weighted by Gasteiger charge is -1.97. The largest absolute Gasteiger partial charge is 0.287 e. The van der Waals surface area contributed by atoms with Crippen LogP contribution in [0, 0.1) is 12.3 Å². The first-order valence-corrected chi connectivity index (χ1v) is 6.99. The molecule has 18 heavy (non-hydrogen) atoms. The Kier molecular flexibility index (Phi) is 4.16. The predicted molar refractivity (Wildman–Crippen MR) is 75.9 cm³/mol. The molecule has 0 saturated heterocycles. The van der Waals surface area contributed by atoms with E-state index in [0.29, 0.717) is 5.39 Å². The summed E-state index contributed by atoms with van der Waals surface area (Å²) in [7, 11) is 0. The SMILES string of the molecule is C#CCn1cnc2sc(CCCCC)cc2c1=O. The van der Waals surface area contributed by atoms with Crippen molar-refractivity contribution in [3.63, 3.8) is 0 Å². The molecule has 0 bridgehead atoms. The molecule has 0 aromatic carbocycles. The number of terminal acetylenes is 1. The Balaban J connectivity index is 2.31. The molecule has 0 aliphatic carbocycles. The molecule has 0 aliphatic rings. The fraction of sp³-hybridized carbons (Fsp3) is 0.429.